The molecule has 0 saturated carbocycles. The van der Waals surface area contributed by atoms with Crippen molar-refractivity contribution in [3.8, 4) is 22.4 Å². The highest BCUT2D eigenvalue weighted by Gasteiger charge is 2.11. The molecule has 2 N–H and O–H groups in total. The molecule has 0 aliphatic rings. The van der Waals surface area contributed by atoms with Crippen molar-refractivity contribution in [1.82, 2.24) is 15.2 Å². The fourth-order valence-corrected chi connectivity index (χ4v) is 2.66. The number of rotatable bonds is 2. The zero-order chi connectivity index (χ0) is 15.1. The van der Waals surface area contributed by atoms with Gasteiger partial charge in [-0.1, -0.05) is 12.1 Å². The molecule has 0 radical (unpaired) electrons. The van der Waals surface area contributed by atoms with E-state index in [0.717, 1.165) is 33.4 Å². The summed E-state index contributed by atoms with van der Waals surface area (Å²) in [5, 5.41) is 6.08. The topological polar surface area (TPSA) is 44.5 Å². The Morgan fingerprint density at radius 1 is 0.909 bits per heavy atom. The molecule has 0 amide bonds. The van der Waals surface area contributed by atoms with Crippen molar-refractivity contribution >= 4 is 11.0 Å². The molecule has 4 heteroatoms. The first-order valence-corrected chi connectivity index (χ1v) is 7.10. The van der Waals surface area contributed by atoms with Crippen LogP contribution in [0.2, 0.25) is 0 Å². The zero-order valence-electron chi connectivity index (χ0n) is 12.0. The van der Waals surface area contributed by atoms with E-state index in [2.05, 4.69) is 27.3 Å². The Kier molecular flexibility index (Phi) is 2.82. The molecule has 4 aromatic rings. The number of aromatic amines is 2. The lowest BCUT2D eigenvalue weighted by Crippen LogP contribution is -1.94. The third kappa shape index (κ3) is 2.00. The van der Waals surface area contributed by atoms with Gasteiger partial charge in [-0.05, 0) is 54.4 Å². The number of halogens is 1. The van der Waals surface area contributed by atoms with E-state index in [1.165, 1.54) is 6.07 Å². The van der Waals surface area contributed by atoms with Gasteiger partial charge in [0.05, 0.1) is 16.7 Å². The van der Waals surface area contributed by atoms with E-state index in [-0.39, 0.29) is 5.82 Å². The van der Waals surface area contributed by atoms with E-state index in [4.69, 9.17) is 0 Å². The van der Waals surface area contributed by atoms with Crippen molar-refractivity contribution in [2.24, 2.45) is 0 Å². The summed E-state index contributed by atoms with van der Waals surface area (Å²) < 4.78 is 13.5. The number of nitrogens with zero attached hydrogens (tertiary/aromatic N) is 1. The lowest BCUT2D eigenvalue weighted by atomic mass is 9.98. The highest BCUT2D eigenvalue weighted by molar-refractivity contribution is 5.87. The lowest BCUT2D eigenvalue weighted by molar-refractivity contribution is 0.619. The maximum Gasteiger partial charge on any atom is 0.126 e. The number of hydrogen-bond donors (Lipinski definition) is 2. The first kappa shape index (κ1) is 12.8. The van der Waals surface area contributed by atoms with Crippen LogP contribution in [0, 0.1) is 12.7 Å². The molecule has 0 atom stereocenters. The van der Waals surface area contributed by atoms with Gasteiger partial charge in [-0.25, -0.2) is 4.39 Å². The number of benzene rings is 2. The standard InChI is InChI=1S/C18H14FN3/c1-11-9-13(4-6-15(11)19)18-14(3-2-8-20-18)12-5-7-16-17(10-12)22-21-16/h2-10,21-22H,1H3. The van der Waals surface area contributed by atoms with Crippen LogP contribution in [0.5, 0.6) is 0 Å². The van der Waals surface area contributed by atoms with Crippen LogP contribution < -0.4 is 0 Å². The summed E-state index contributed by atoms with van der Waals surface area (Å²) in [5.41, 5.74) is 6.68. The molecule has 2 heterocycles. The lowest BCUT2D eigenvalue weighted by Gasteiger charge is -2.11. The largest absolute Gasteiger partial charge is 0.299 e. The van der Waals surface area contributed by atoms with Gasteiger partial charge < -0.3 is 0 Å². The Balaban J connectivity index is 1.89. The van der Waals surface area contributed by atoms with Gasteiger partial charge in [0.15, 0.2) is 0 Å². The highest BCUT2D eigenvalue weighted by atomic mass is 19.1. The maximum atomic E-state index is 13.5. The van der Waals surface area contributed by atoms with E-state index in [9.17, 15) is 4.39 Å². The van der Waals surface area contributed by atoms with Crippen LogP contribution in [0.25, 0.3) is 33.4 Å². The average Bonchev–Trinajstić information content (AvgIpc) is 2.51. The molecule has 2 aromatic carbocycles. The first-order valence-electron chi connectivity index (χ1n) is 7.10. The van der Waals surface area contributed by atoms with Crippen LogP contribution in [0.3, 0.4) is 0 Å². The summed E-state index contributed by atoms with van der Waals surface area (Å²) in [6.45, 7) is 1.77. The molecule has 3 nitrogen and oxygen atoms in total. The second kappa shape index (κ2) is 4.84. The number of aryl methyl sites for hydroxylation is 1. The number of aromatic nitrogens is 3. The van der Waals surface area contributed by atoms with Crippen molar-refractivity contribution in [2.75, 3.05) is 0 Å². The molecule has 2 aromatic heterocycles. The molecule has 0 saturated heterocycles. The predicted molar refractivity (Wildman–Crippen MR) is 86.0 cm³/mol. The van der Waals surface area contributed by atoms with Gasteiger partial charge in [0.1, 0.15) is 5.82 Å². The van der Waals surface area contributed by atoms with Gasteiger partial charge in [-0.3, -0.25) is 15.2 Å². The van der Waals surface area contributed by atoms with Gasteiger partial charge >= 0.3 is 0 Å². The van der Waals surface area contributed by atoms with E-state index in [0.29, 0.717) is 5.56 Å². The smallest absolute Gasteiger partial charge is 0.126 e. The number of nitrogens with one attached hydrogen (secondary N) is 2. The molecule has 0 bridgehead atoms. The minimum absolute atomic E-state index is 0.197. The van der Waals surface area contributed by atoms with Gasteiger partial charge in [0.2, 0.25) is 0 Å². The SMILES string of the molecule is Cc1cc(-c2ncccc2-c2ccc3[nH][nH]c3c2)ccc1F. The molecular weight excluding hydrogens is 277 g/mol. The second-order valence-corrected chi connectivity index (χ2v) is 5.37. The molecule has 0 unspecified atom stereocenters. The molecule has 108 valence electrons. The van der Waals surface area contributed by atoms with Gasteiger partial charge in [0.25, 0.3) is 0 Å². The van der Waals surface area contributed by atoms with Crippen molar-refractivity contribution in [3.05, 3.63) is 66.1 Å². The van der Waals surface area contributed by atoms with Crippen LogP contribution in [-0.4, -0.2) is 15.2 Å². The van der Waals surface area contributed by atoms with Crippen LogP contribution in [0.4, 0.5) is 4.39 Å². The second-order valence-electron chi connectivity index (χ2n) is 5.37. The minimum Gasteiger partial charge on any atom is -0.299 e. The fraction of sp³-hybridized carbons (Fsp3) is 0.0556. The molecule has 0 aliphatic heterocycles. The average molecular weight is 291 g/mol. The van der Waals surface area contributed by atoms with Crippen molar-refractivity contribution in [2.45, 2.75) is 6.92 Å². The molecular formula is C18H14FN3. The molecule has 0 spiro atoms. The van der Waals surface area contributed by atoms with Crippen LogP contribution in [0.1, 0.15) is 5.56 Å². The summed E-state index contributed by atoms with van der Waals surface area (Å²) >= 11 is 0. The molecule has 0 fully saturated rings. The molecule has 22 heavy (non-hydrogen) atoms. The normalized spacial score (nSPS) is 11.2. The monoisotopic (exact) mass is 291 g/mol. The van der Waals surface area contributed by atoms with Crippen LogP contribution in [0.15, 0.2) is 54.7 Å². The number of hydrogen-bond acceptors (Lipinski definition) is 1. The van der Waals surface area contributed by atoms with Gasteiger partial charge in [-0.2, -0.15) is 0 Å². The fourth-order valence-electron chi connectivity index (χ4n) is 2.66. The van der Waals surface area contributed by atoms with E-state index in [1.54, 1.807) is 19.2 Å². The van der Waals surface area contributed by atoms with E-state index < -0.39 is 0 Å². The van der Waals surface area contributed by atoms with Crippen molar-refractivity contribution in [3.63, 3.8) is 0 Å². The quantitative estimate of drug-likeness (QED) is 0.553. The first-order chi connectivity index (χ1) is 10.7. The number of pyridine rings is 1. The Hall–Kier alpha value is -2.88. The Labute approximate surface area is 126 Å². The van der Waals surface area contributed by atoms with Gasteiger partial charge in [-0.15, -0.1) is 0 Å². The Morgan fingerprint density at radius 2 is 1.73 bits per heavy atom. The third-order valence-corrected chi connectivity index (χ3v) is 3.90. The zero-order valence-corrected chi connectivity index (χ0v) is 12.0. The Morgan fingerprint density at radius 3 is 2.45 bits per heavy atom. The van der Waals surface area contributed by atoms with Crippen molar-refractivity contribution < 1.29 is 4.39 Å². The number of H-pyrrole nitrogens is 2. The van der Waals surface area contributed by atoms with E-state index in [1.807, 2.05) is 24.3 Å². The summed E-state index contributed by atoms with van der Waals surface area (Å²) in [6.07, 6.45) is 1.76. The van der Waals surface area contributed by atoms with E-state index >= 15 is 0 Å². The predicted octanol–water partition coefficient (Wildman–Crippen LogP) is 4.67. The maximum absolute atomic E-state index is 13.5. The van der Waals surface area contributed by atoms with Crippen LogP contribution in [-0.2, 0) is 0 Å². The summed E-state index contributed by atoms with van der Waals surface area (Å²) in [7, 11) is 0. The number of fused-ring (bicyclic) bond motifs is 1. The molecule has 0 aliphatic carbocycles. The summed E-state index contributed by atoms with van der Waals surface area (Å²) in [6, 6.07) is 15.2. The van der Waals surface area contributed by atoms with Crippen molar-refractivity contribution in [1.29, 1.82) is 0 Å². The minimum atomic E-state index is -0.197. The van der Waals surface area contributed by atoms with Gasteiger partial charge in [0, 0.05) is 17.3 Å². The summed E-state index contributed by atoms with van der Waals surface area (Å²) in [4.78, 5) is 4.51. The van der Waals surface area contributed by atoms with Crippen LogP contribution >= 0.6 is 0 Å². The highest BCUT2D eigenvalue weighted by Crippen LogP contribution is 2.32. The molecule has 4 rings (SSSR count). The third-order valence-electron chi connectivity index (χ3n) is 3.90. The Bertz CT molecular complexity index is 965. The summed E-state index contributed by atoms with van der Waals surface area (Å²) in [5.74, 6) is -0.197.